The van der Waals surface area contributed by atoms with Crippen LogP contribution in [0.2, 0.25) is 0 Å². The average Bonchev–Trinajstić information content (AvgIpc) is 3.65. The van der Waals surface area contributed by atoms with E-state index >= 15 is 0 Å². The van der Waals surface area contributed by atoms with E-state index in [0.29, 0.717) is 52.4 Å². The number of nitrogens with zero attached hydrogens (tertiary/aromatic N) is 4. The van der Waals surface area contributed by atoms with Crippen LogP contribution in [0.4, 0.5) is 0 Å². The number of aromatic nitrogens is 4. The highest BCUT2D eigenvalue weighted by Crippen LogP contribution is 2.40. The zero-order valence-electron chi connectivity index (χ0n) is 26.2. The lowest BCUT2D eigenvalue weighted by Crippen LogP contribution is -2.23. The molecule has 232 valence electrons. The third kappa shape index (κ3) is 4.81. The highest BCUT2D eigenvalue weighted by molar-refractivity contribution is 7.90. The quantitative estimate of drug-likeness (QED) is 0.244. The summed E-state index contributed by atoms with van der Waals surface area (Å²) >= 11 is 0. The Morgan fingerprint density at radius 2 is 1.39 bits per heavy atom. The van der Waals surface area contributed by atoms with Crippen LogP contribution in [-0.2, 0) is 42.1 Å². The zero-order valence-corrected chi connectivity index (χ0v) is 27.0. The topological polar surface area (TPSA) is 105 Å². The first-order valence-corrected chi connectivity index (χ1v) is 16.3. The van der Waals surface area contributed by atoms with Gasteiger partial charge in [0, 0.05) is 66.0 Å². The third-order valence-corrected chi connectivity index (χ3v) is 10.3. The first kappa shape index (κ1) is 29.6. The second-order valence-corrected chi connectivity index (χ2v) is 13.8. The largest absolute Gasteiger partial charge is 0.372 e. The van der Waals surface area contributed by atoms with Gasteiger partial charge in [-0.05, 0) is 79.4 Å². The van der Waals surface area contributed by atoms with Crippen LogP contribution in [0.5, 0.6) is 0 Å². The van der Waals surface area contributed by atoms with Crippen molar-refractivity contribution < 1.29 is 13.2 Å². The van der Waals surface area contributed by atoms with Gasteiger partial charge in [-0.2, -0.15) is 0 Å². The molecule has 7 rings (SSSR count). The zero-order chi connectivity index (χ0) is 32.5. The molecule has 0 saturated carbocycles. The van der Waals surface area contributed by atoms with E-state index in [2.05, 4.69) is 11.1 Å². The molecule has 4 aromatic heterocycles. The molecule has 0 bridgehead atoms. The van der Waals surface area contributed by atoms with Gasteiger partial charge in [-0.25, -0.2) is 12.4 Å². The van der Waals surface area contributed by atoms with Gasteiger partial charge in [0.25, 0.3) is 21.1 Å². The second-order valence-electron chi connectivity index (χ2n) is 12.0. The fraction of sp³-hybridized carbons (Fsp3) is 0.194. The summed E-state index contributed by atoms with van der Waals surface area (Å²) in [4.78, 5) is 31.8. The molecular formula is C36H32N4O5S. The molecule has 1 aliphatic heterocycles. The molecular weight excluding hydrogens is 600 g/mol. The predicted octanol–water partition coefficient (Wildman–Crippen LogP) is 5.63. The van der Waals surface area contributed by atoms with Gasteiger partial charge in [0.2, 0.25) is 0 Å². The van der Waals surface area contributed by atoms with Crippen molar-refractivity contribution in [1.82, 2.24) is 18.1 Å². The minimum atomic E-state index is -4.26. The Kier molecular flexibility index (Phi) is 6.95. The van der Waals surface area contributed by atoms with Crippen LogP contribution >= 0.6 is 0 Å². The van der Waals surface area contributed by atoms with E-state index < -0.39 is 15.6 Å². The lowest BCUT2D eigenvalue weighted by molar-refractivity contribution is 0.134. The van der Waals surface area contributed by atoms with E-state index in [1.54, 1.807) is 62.9 Å². The number of aryl methyl sites for hydroxylation is 5. The maximum absolute atomic E-state index is 14.5. The fourth-order valence-electron chi connectivity index (χ4n) is 6.27. The molecule has 0 fully saturated rings. The van der Waals surface area contributed by atoms with E-state index in [1.807, 2.05) is 45.0 Å². The number of rotatable bonds is 5. The van der Waals surface area contributed by atoms with Crippen LogP contribution in [0.3, 0.4) is 0 Å². The molecule has 0 radical (unpaired) electrons. The Hall–Kier alpha value is -5.06. The van der Waals surface area contributed by atoms with Crippen molar-refractivity contribution in [3.63, 3.8) is 0 Å². The molecule has 1 aliphatic rings. The Balaban J connectivity index is 1.60. The number of hydrogen-bond donors (Lipinski definition) is 0. The second kappa shape index (κ2) is 10.8. The normalized spacial score (nSPS) is 13.0. The molecule has 0 spiro atoms. The third-order valence-electron chi connectivity index (χ3n) is 8.58. The van der Waals surface area contributed by atoms with E-state index in [0.717, 1.165) is 31.8 Å². The van der Waals surface area contributed by atoms with Gasteiger partial charge in [-0.1, -0.05) is 29.8 Å². The van der Waals surface area contributed by atoms with Gasteiger partial charge >= 0.3 is 0 Å². The number of benzene rings is 2. The molecule has 2 aromatic carbocycles. The van der Waals surface area contributed by atoms with Crippen molar-refractivity contribution in [3.8, 4) is 33.5 Å². The first-order chi connectivity index (χ1) is 21.9. The molecule has 5 heterocycles. The molecule has 46 heavy (non-hydrogen) atoms. The maximum atomic E-state index is 14.5. The summed E-state index contributed by atoms with van der Waals surface area (Å²) in [6.45, 7) is 6.62. The Labute approximate surface area is 266 Å². The van der Waals surface area contributed by atoms with Gasteiger partial charge < -0.3 is 13.9 Å². The van der Waals surface area contributed by atoms with Crippen LogP contribution in [-0.4, -0.2) is 26.5 Å². The van der Waals surface area contributed by atoms with Crippen molar-refractivity contribution in [2.24, 2.45) is 14.1 Å². The van der Waals surface area contributed by atoms with Crippen molar-refractivity contribution in [1.29, 1.82) is 0 Å². The highest BCUT2D eigenvalue weighted by Gasteiger charge is 2.29. The molecule has 0 atom stereocenters. The van der Waals surface area contributed by atoms with E-state index in [4.69, 9.17) is 4.74 Å². The minimum absolute atomic E-state index is 0.00308. The summed E-state index contributed by atoms with van der Waals surface area (Å²) < 4.78 is 38.7. The summed E-state index contributed by atoms with van der Waals surface area (Å²) in [7, 11) is -0.977. The van der Waals surface area contributed by atoms with Crippen molar-refractivity contribution in [3.05, 3.63) is 128 Å². The molecule has 0 unspecified atom stereocenters. The lowest BCUT2D eigenvalue weighted by Gasteiger charge is -2.16. The minimum Gasteiger partial charge on any atom is -0.372 e. The SMILES string of the molecule is Cc1ccc(S(=O)(=O)n2c(-c3cc(C)nc(C)c3)cc3c(-c4cc(=O)n(C)cc4-c4ccc5c(c4)COC5)cn(C)c(=O)c32)cc1. The van der Waals surface area contributed by atoms with Crippen molar-refractivity contribution in [2.75, 3.05) is 0 Å². The van der Waals surface area contributed by atoms with E-state index in [1.165, 1.54) is 9.13 Å². The summed E-state index contributed by atoms with van der Waals surface area (Å²) in [6.07, 6.45) is 3.46. The van der Waals surface area contributed by atoms with E-state index in [9.17, 15) is 18.0 Å². The van der Waals surface area contributed by atoms with E-state index in [-0.39, 0.29) is 16.0 Å². The van der Waals surface area contributed by atoms with Crippen LogP contribution < -0.4 is 11.1 Å². The number of fused-ring (bicyclic) bond motifs is 2. The molecule has 6 aromatic rings. The summed E-state index contributed by atoms with van der Waals surface area (Å²) in [5.74, 6) is 0. The molecule has 10 heteroatoms. The Morgan fingerprint density at radius 1 is 0.717 bits per heavy atom. The van der Waals surface area contributed by atoms with Crippen LogP contribution in [0, 0.1) is 20.8 Å². The van der Waals surface area contributed by atoms with Gasteiger partial charge in [0.15, 0.2) is 0 Å². The molecule has 0 amide bonds. The summed E-state index contributed by atoms with van der Waals surface area (Å²) in [5.41, 5.74) is 7.51. The number of ether oxygens (including phenoxy) is 1. The highest BCUT2D eigenvalue weighted by atomic mass is 32.2. The van der Waals surface area contributed by atoms with Crippen LogP contribution in [0.15, 0.2) is 93.6 Å². The van der Waals surface area contributed by atoms with Gasteiger partial charge in [-0.3, -0.25) is 14.6 Å². The number of hydrogen-bond acceptors (Lipinski definition) is 6. The lowest BCUT2D eigenvalue weighted by atomic mass is 9.93. The summed E-state index contributed by atoms with van der Waals surface area (Å²) in [5, 5.41) is 0.417. The van der Waals surface area contributed by atoms with Crippen molar-refractivity contribution >= 4 is 20.9 Å². The van der Waals surface area contributed by atoms with Crippen LogP contribution in [0.25, 0.3) is 44.4 Å². The molecule has 9 nitrogen and oxygen atoms in total. The van der Waals surface area contributed by atoms with Gasteiger partial charge in [0.1, 0.15) is 5.52 Å². The molecule has 0 saturated heterocycles. The molecule has 0 N–H and O–H groups in total. The van der Waals surface area contributed by atoms with Gasteiger partial charge in [0.05, 0.1) is 23.8 Å². The fourth-order valence-corrected chi connectivity index (χ4v) is 7.80. The predicted molar refractivity (Wildman–Crippen MR) is 178 cm³/mol. The first-order valence-electron chi connectivity index (χ1n) is 14.9. The summed E-state index contributed by atoms with van der Waals surface area (Å²) in [6, 6.07) is 19.6. The monoisotopic (exact) mass is 632 g/mol. The average molecular weight is 633 g/mol. The molecule has 0 aliphatic carbocycles. The van der Waals surface area contributed by atoms with Crippen molar-refractivity contribution in [2.45, 2.75) is 38.9 Å². The Morgan fingerprint density at radius 3 is 2.11 bits per heavy atom. The standard InChI is InChI=1S/C36H32N4O5S/c1-21-6-10-28(11-7-21)46(43,44)40-33(26-12-22(2)37-23(3)13-26)15-30-32(18-39(5)36(42)35(30)40)29-16-34(41)38(4)17-31(29)24-8-9-25-19-45-20-27(25)14-24/h6-18H,19-20H2,1-5H3. The number of pyridine rings is 3. The van der Waals surface area contributed by atoms with Gasteiger partial charge in [-0.15, -0.1) is 0 Å². The smallest absolute Gasteiger partial charge is 0.275 e. The Bertz CT molecular complexity index is 2430. The maximum Gasteiger partial charge on any atom is 0.275 e. The van der Waals surface area contributed by atoms with Crippen LogP contribution in [0.1, 0.15) is 28.1 Å².